The van der Waals surface area contributed by atoms with Crippen molar-refractivity contribution < 1.29 is 19.4 Å². The molecule has 1 fully saturated rings. The molecule has 0 radical (unpaired) electrons. The molecule has 19 heavy (non-hydrogen) atoms. The molecule has 0 spiro atoms. The third-order valence-corrected chi connectivity index (χ3v) is 2.97. The van der Waals surface area contributed by atoms with E-state index in [2.05, 4.69) is 5.32 Å². The summed E-state index contributed by atoms with van der Waals surface area (Å²) < 4.78 is 10.6. The molecule has 0 aromatic carbocycles. The fourth-order valence-electron chi connectivity index (χ4n) is 2.24. The maximum atomic E-state index is 11.9. The van der Waals surface area contributed by atoms with Crippen LogP contribution in [-0.4, -0.2) is 47.7 Å². The molecular weight excluding hydrogens is 248 g/mol. The number of ether oxygens (including phenoxy) is 2. The lowest BCUT2D eigenvalue weighted by Crippen LogP contribution is -2.57. The number of rotatable bonds is 4. The number of nitrogens with two attached hydrogens (primary N) is 1. The van der Waals surface area contributed by atoms with E-state index in [1.807, 2.05) is 20.8 Å². The normalized spacial score (nSPS) is 26.8. The highest BCUT2D eigenvalue weighted by Crippen LogP contribution is 2.28. The lowest BCUT2D eigenvalue weighted by molar-refractivity contribution is 0.0400. The van der Waals surface area contributed by atoms with E-state index >= 15 is 0 Å². The summed E-state index contributed by atoms with van der Waals surface area (Å²) in [6, 6.07) is 0. The highest BCUT2D eigenvalue weighted by Gasteiger charge is 2.42. The summed E-state index contributed by atoms with van der Waals surface area (Å²) in [6.07, 6.45) is 0.626. The van der Waals surface area contributed by atoms with E-state index in [1.54, 1.807) is 6.92 Å². The monoisotopic (exact) mass is 274 g/mol. The minimum absolute atomic E-state index is 0.148. The summed E-state index contributed by atoms with van der Waals surface area (Å²) in [5, 5.41) is 12.1. The van der Waals surface area contributed by atoms with Gasteiger partial charge in [-0.25, -0.2) is 4.79 Å². The molecule has 4 N–H and O–H groups in total. The maximum Gasteiger partial charge on any atom is 0.408 e. The van der Waals surface area contributed by atoms with E-state index in [9.17, 15) is 9.90 Å². The van der Waals surface area contributed by atoms with Crippen molar-refractivity contribution in [1.29, 1.82) is 0 Å². The van der Waals surface area contributed by atoms with Gasteiger partial charge < -0.3 is 25.6 Å². The minimum Gasteiger partial charge on any atom is -0.444 e. The second kappa shape index (κ2) is 5.64. The smallest absolute Gasteiger partial charge is 0.408 e. The van der Waals surface area contributed by atoms with E-state index in [0.29, 0.717) is 26.1 Å². The molecule has 1 rings (SSSR count). The first-order valence-electron chi connectivity index (χ1n) is 6.56. The van der Waals surface area contributed by atoms with Crippen LogP contribution in [0.5, 0.6) is 0 Å². The van der Waals surface area contributed by atoms with Gasteiger partial charge in [-0.15, -0.1) is 0 Å². The number of hydrogen-bond acceptors (Lipinski definition) is 5. The number of aliphatic hydroxyl groups excluding tert-OH is 1. The Kier molecular flexibility index (Phi) is 4.81. The van der Waals surface area contributed by atoms with Crippen molar-refractivity contribution in [3.05, 3.63) is 0 Å². The van der Waals surface area contributed by atoms with Crippen LogP contribution in [0.25, 0.3) is 0 Å². The zero-order valence-corrected chi connectivity index (χ0v) is 12.3. The Morgan fingerprint density at radius 1 is 1.47 bits per heavy atom. The van der Waals surface area contributed by atoms with Crippen molar-refractivity contribution in [1.82, 2.24) is 5.32 Å². The van der Waals surface area contributed by atoms with Gasteiger partial charge in [-0.2, -0.15) is 0 Å². The van der Waals surface area contributed by atoms with Crippen molar-refractivity contribution >= 4 is 6.09 Å². The Labute approximate surface area is 114 Å². The lowest BCUT2D eigenvalue weighted by Gasteiger charge is -2.36. The molecule has 1 heterocycles. The standard InChI is InChI=1S/C13H26N2O4/c1-11(2,3)19-10(17)15-13(5-6-18-9-13)7-12(4,14)8-16/h16H,5-9,14H2,1-4H3,(H,15,17). The molecule has 1 amide bonds. The maximum absolute atomic E-state index is 11.9. The van der Waals surface area contributed by atoms with Crippen LogP contribution in [0.3, 0.4) is 0 Å². The van der Waals surface area contributed by atoms with Gasteiger partial charge in [-0.3, -0.25) is 0 Å². The molecule has 0 aromatic heterocycles. The first kappa shape index (κ1) is 16.2. The van der Waals surface area contributed by atoms with E-state index in [4.69, 9.17) is 15.2 Å². The molecule has 1 aliphatic heterocycles. The molecule has 0 aromatic rings. The van der Waals surface area contributed by atoms with Crippen LogP contribution in [0.1, 0.15) is 40.5 Å². The number of nitrogens with one attached hydrogen (secondary N) is 1. The third kappa shape index (κ3) is 5.34. The van der Waals surface area contributed by atoms with Gasteiger partial charge in [0, 0.05) is 12.1 Å². The molecule has 1 saturated heterocycles. The van der Waals surface area contributed by atoms with Crippen LogP contribution < -0.4 is 11.1 Å². The van der Waals surface area contributed by atoms with Gasteiger partial charge in [0.25, 0.3) is 0 Å². The van der Waals surface area contributed by atoms with Crippen molar-refractivity contribution in [3.8, 4) is 0 Å². The fraction of sp³-hybridized carbons (Fsp3) is 0.923. The van der Waals surface area contributed by atoms with E-state index < -0.39 is 22.8 Å². The highest BCUT2D eigenvalue weighted by atomic mass is 16.6. The third-order valence-electron chi connectivity index (χ3n) is 2.97. The first-order valence-corrected chi connectivity index (χ1v) is 6.56. The highest BCUT2D eigenvalue weighted by molar-refractivity contribution is 5.69. The summed E-state index contributed by atoms with van der Waals surface area (Å²) in [5.74, 6) is 0. The average molecular weight is 274 g/mol. The SMILES string of the molecule is CC(N)(CO)CC1(NC(=O)OC(C)(C)C)CCOC1. The topological polar surface area (TPSA) is 93.8 Å². The van der Waals surface area contributed by atoms with Crippen molar-refractivity contribution in [3.63, 3.8) is 0 Å². The van der Waals surface area contributed by atoms with Gasteiger partial charge in [-0.05, 0) is 40.5 Å². The number of aliphatic hydroxyl groups is 1. The first-order chi connectivity index (χ1) is 8.58. The summed E-state index contributed by atoms with van der Waals surface area (Å²) in [4.78, 5) is 11.9. The molecule has 112 valence electrons. The summed E-state index contributed by atoms with van der Waals surface area (Å²) >= 11 is 0. The van der Waals surface area contributed by atoms with E-state index in [0.717, 1.165) is 0 Å². The second-order valence-corrected chi connectivity index (χ2v) is 6.70. The zero-order valence-electron chi connectivity index (χ0n) is 12.3. The van der Waals surface area contributed by atoms with E-state index in [-0.39, 0.29) is 6.61 Å². The number of amides is 1. The van der Waals surface area contributed by atoms with Gasteiger partial charge in [-0.1, -0.05) is 0 Å². The van der Waals surface area contributed by atoms with Crippen LogP contribution >= 0.6 is 0 Å². The summed E-state index contributed by atoms with van der Waals surface area (Å²) in [7, 11) is 0. The molecular formula is C13H26N2O4. The van der Waals surface area contributed by atoms with Gasteiger partial charge in [0.2, 0.25) is 0 Å². The van der Waals surface area contributed by atoms with Gasteiger partial charge in [0.05, 0.1) is 18.8 Å². The molecule has 6 heteroatoms. The number of carbonyl (C=O) groups is 1. The molecule has 2 atom stereocenters. The van der Waals surface area contributed by atoms with E-state index in [1.165, 1.54) is 0 Å². The molecule has 0 bridgehead atoms. The van der Waals surface area contributed by atoms with Gasteiger partial charge in [0.1, 0.15) is 5.60 Å². The van der Waals surface area contributed by atoms with Crippen LogP contribution in [0.4, 0.5) is 4.79 Å². The van der Waals surface area contributed by atoms with Crippen LogP contribution in [-0.2, 0) is 9.47 Å². The van der Waals surface area contributed by atoms with Crippen LogP contribution in [0.2, 0.25) is 0 Å². The lowest BCUT2D eigenvalue weighted by atomic mass is 9.83. The minimum atomic E-state index is -0.761. The summed E-state index contributed by atoms with van der Waals surface area (Å²) in [6.45, 7) is 7.99. The Hall–Kier alpha value is -0.850. The quantitative estimate of drug-likeness (QED) is 0.704. The zero-order chi connectivity index (χ0) is 14.7. The van der Waals surface area contributed by atoms with Crippen molar-refractivity contribution in [2.75, 3.05) is 19.8 Å². The predicted octanol–water partition coefficient (Wildman–Crippen LogP) is 0.770. The molecule has 1 aliphatic rings. The predicted molar refractivity (Wildman–Crippen MR) is 71.8 cm³/mol. The number of hydrogen-bond donors (Lipinski definition) is 3. The molecule has 6 nitrogen and oxygen atoms in total. The Morgan fingerprint density at radius 3 is 2.53 bits per heavy atom. The Morgan fingerprint density at radius 2 is 2.11 bits per heavy atom. The molecule has 0 saturated carbocycles. The van der Waals surface area contributed by atoms with Crippen LogP contribution in [0, 0.1) is 0 Å². The number of carbonyl (C=O) groups excluding carboxylic acids is 1. The largest absolute Gasteiger partial charge is 0.444 e. The van der Waals surface area contributed by atoms with Crippen molar-refractivity contribution in [2.24, 2.45) is 5.73 Å². The van der Waals surface area contributed by atoms with Gasteiger partial charge >= 0.3 is 6.09 Å². The molecule has 2 unspecified atom stereocenters. The number of alkyl carbamates (subject to hydrolysis) is 1. The Balaban J connectivity index is 2.70. The second-order valence-electron chi connectivity index (χ2n) is 6.70. The van der Waals surface area contributed by atoms with Crippen LogP contribution in [0.15, 0.2) is 0 Å². The Bertz CT molecular complexity index is 317. The average Bonchev–Trinajstić information content (AvgIpc) is 2.62. The van der Waals surface area contributed by atoms with Crippen molar-refractivity contribution in [2.45, 2.75) is 57.2 Å². The summed E-state index contributed by atoms with van der Waals surface area (Å²) in [5.41, 5.74) is 4.12. The molecule has 0 aliphatic carbocycles. The fourth-order valence-corrected chi connectivity index (χ4v) is 2.24. The van der Waals surface area contributed by atoms with Gasteiger partial charge in [0.15, 0.2) is 0 Å².